The molecule has 1 rings (SSSR count). The molecule has 12 heavy (non-hydrogen) atoms. The normalized spacial score (nSPS) is 12.6. The van der Waals surface area contributed by atoms with Crippen molar-refractivity contribution < 1.29 is 8.76 Å². The molecule has 1 N–H and O–H groups in total. The van der Waals surface area contributed by atoms with E-state index in [1.807, 2.05) is 12.1 Å². The highest BCUT2D eigenvalue weighted by atomic mass is 79.9. The minimum absolute atomic E-state index is 0.707. The molecule has 1 aromatic rings. The lowest BCUT2D eigenvalue weighted by molar-refractivity contribution is 0.562. The van der Waals surface area contributed by atoms with Gasteiger partial charge in [0, 0.05) is 11.5 Å². The van der Waals surface area contributed by atoms with Crippen LogP contribution in [0.4, 0.5) is 5.69 Å². The van der Waals surface area contributed by atoms with Gasteiger partial charge in [0.1, 0.15) is 0 Å². The topological polar surface area (TPSA) is 40.5 Å². The summed E-state index contributed by atoms with van der Waals surface area (Å²) in [6.45, 7) is 0. The Hall–Kier alpha value is -0.390. The van der Waals surface area contributed by atoms with Crippen LogP contribution in [0.5, 0.6) is 0 Å². The van der Waals surface area contributed by atoms with Crippen LogP contribution in [0, 0.1) is 0 Å². The maximum absolute atomic E-state index is 10.6. The van der Waals surface area contributed by atoms with Crippen molar-refractivity contribution in [2.45, 2.75) is 0 Å². The molecular formula is C7H8BrNO2S. The molecule has 0 fully saturated rings. The van der Waals surface area contributed by atoms with Gasteiger partial charge >= 0.3 is 0 Å². The van der Waals surface area contributed by atoms with Gasteiger partial charge in [0.15, 0.2) is 0 Å². The van der Waals surface area contributed by atoms with Crippen LogP contribution < -0.4 is 4.31 Å². The second kappa shape index (κ2) is 4.02. The molecule has 0 saturated carbocycles. The summed E-state index contributed by atoms with van der Waals surface area (Å²) >= 11 is 1.32. The van der Waals surface area contributed by atoms with Crippen LogP contribution in [0.25, 0.3) is 0 Å². The van der Waals surface area contributed by atoms with Crippen LogP contribution in [0.1, 0.15) is 0 Å². The lowest BCUT2D eigenvalue weighted by Gasteiger charge is -2.12. The molecule has 1 aromatic carbocycles. The average molecular weight is 250 g/mol. The second-order valence-electron chi connectivity index (χ2n) is 2.20. The monoisotopic (exact) mass is 249 g/mol. The van der Waals surface area contributed by atoms with E-state index in [9.17, 15) is 4.21 Å². The van der Waals surface area contributed by atoms with Crippen LogP contribution in [-0.4, -0.2) is 15.8 Å². The maximum atomic E-state index is 10.6. The number of halogens is 1. The zero-order valence-electron chi connectivity index (χ0n) is 6.40. The zero-order valence-corrected chi connectivity index (χ0v) is 8.80. The van der Waals surface area contributed by atoms with Crippen molar-refractivity contribution in [3.05, 3.63) is 28.7 Å². The summed E-state index contributed by atoms with van der Waals surface area (Å²) in [5.41, 5.74) is 0.707. The van der Waals surface area contributed by atoms with E-state index in [1.54, 1.807) is 19.2 Å². The predicted molar refractivity (Wildman–Crippen MR) is 53.3 cm³/mol. The highest BCUT2D eigenvalue weighted by Gasteiger charge is 2.04. The molecule has 0 aliphatic rings. The summed E-state index contributed by atoms with van der Waals surface area (Å²) in [4.78, 5) is 0. The van der Waals surface area contributed by atoms with Crippen molar-refractivity contribution >= 4 is 32.9 Å². The SMILES string of the molecule is CN(c1ccc(Br)cc1)S(=O)O. The number of hydrogen-bond donors (Lipinski definition) is 1. The summed E-state index contributed by atoms with van der Waals surface area (Å²) in [6, 6.07) is 7.16. The van der Waals surface area contributed by atoms with Gasteiger partial charge in [-0.3, -0.25) is 8.86 Å². The molecule has 0 bridgehead atoms. The van der Waals surface area contributed by atoms with Gasteiger partial charge < -0.3 is 0 Å². The highest BCUT2D eigenvalue weighted by molar-refractivity contribution is 9.10. The average Bonchev–Trinajstić information content (AvgIpc) is 2.04. The Bertz CT molecular complexity index is 288. The van der Waals surface area contributed by atoms with Gasteiger partial charge in [0.2, 0.25) is 0 Å². The molecule has 3 nitrogen and oxygen atoms in total. The molecule has 0 heterocycles. The molecule has 1 unspecified atom stereocenters. The Labute approximate surface area is 81.9 Å². The first-order valence-corrected chi connectivity index (χ1v) is 5.07. The molecular weight excluding hydrogens is 242 g/mol. The molecule has 0 aromatic heterocycles. The summed E-state index contributed by atoms with van der Waals surface area (Å²) in [5.74, 6) is 0. The minimum atomic E-state index is -1.95. The Kier molecular flexibility index (Phi) is 3.25. The van der Waals surface area contributed by atoms with E-state index in [2.05, 4.69) is 15.9 Å². The van der Waals surface area contributed by atoms with Crippen LogP contribution >= 0.6 is 15.9 Å². The Morgan fingerprint density at radius 2 is 1.92 bits per heavy atom. The van der Waals surface area contributed by atoms with Crippen molar-refractivity contribution in [3.8, 4) is 0 Å². The summed E-state index contributed by atoms with van der Waals surface area (Å²) in [5, 5.41) is 0. The van der Waals surface area contributed by atoms with Crippen LogP contribution in [0.2, 0.25) is 0 Å². The van der Waals surface area contributed by atoms with Crippen LogP contribution in [-0.2, 0) is 11.3 Å². The van der Waals surface area contributed by atoms with Gasteiger partial charge in [0.25, 0.3) is 11.3 Å². The molecule has 0 amide bonds. The van der Waals surface area contributed by atoms with Gasteiger partial charge in [-0.05, 0) is 24.3 Å². The van der Waals surface area contributed by atoms with Gasteiger partial charge in [-0.25, -0.2) is 4.21 Å². The molecule has 0 radical (unpaired) electrons. The smallest absolute Gasteiger partial charge is 0.261 e. The first kappa shape index (κ1) is 9.70. The summed E-state index contributed by atoms with van der Waals surface area (Å²) in [6.07, 6.45) is 0. The molecule has 1 atom stereocenters. The number of anilines is 1. The van der Waals surface area contributed by atoms with E-state index in [-0.39, 0.29) is 0 Å². The lowest BCUT2D eigenvalue weighted by atomic mass is 10.3. The van der Waals surface area contributed by atoms with Gasteiger partial charge in [-0.2, -0.15) is 0 Å². The number of benzene rings is 1. The van der Waals surface area contributed by atoms with E-state index in [4.69, 9.17) is 4.55 Å². The predicted octanol–water partition coefficient (Wildman–Crippen LogP) is 2.02. The third-order valence-electron chi connectivity index (χ3n) is 1.42. The third-order valence-corrected chi connectivity index (χ3v) is 2.63. The lowest BCUT2D eigenvalue weighted by Crippen LogP contribution is -2.18. The van der Waals surface area contributed by atoms with Crippen molar-refractivity contribution in [1.82, 2.24) is 0 Å². The third kappa shape index (κ3) is 2.30. The Morgan fingerprint density at radius 3 is 2.33 bits per heavy atom. The van der Waals surface area contributed by atoms with Gasteiger partial charge in [-0.15, -0.1) is 0 Å². The van der Waals surface area contributed by atoms with Crippen LogP contribution in [0.15, 0.2) is 28.7 Å². The van der Waals surface area contributed by atoms with E-state index in [0.717, 1.165) is 4.47 Å². The molecule has 66 valence electrons. The highest BCUT2D eigenvalue weighted by Crippen LogP contribution is 2.17. The Morgan fingerprint density at radius 1 is 1.42 bits per heavy atom. The molecule has 0 saturated heterocycles. The van der Waals surface area contributed by atoms with Crippen molar-refractivity contribution in [2.75, 3.05) is 11.4 Å². The fourth-order valence-electron chi connectivity index (χ4n) is 0.741. The first-order valence-electron chi connectivity index (χ1n) is 3.21. The van der Waals surface area contributed by atoms with E-state index < -0.39 is 11.3 Å². The van der Waals surface area contributed by atoms with Crippen molar-refractivity contribution in [1.29, 1.82) is 0 Å². The number of rotatable bonds is 2. The molecule has 0 aliphatic heterocycles. The summed E-state index contributed by atoms with van der Waals surface area (Å²) < 4.78 is 21.6. The first-order chi connectivity index (χ1) is 5.61. The van der Waals surface area contributed by atoms with E-state index >= 15 is 0 Å². The molecule has 0 spiro atoms. The fourth-order valence-corrected chi connectivity index (χ4v) is 1.31. The standard InChI is InChI=1S/C7H8BrNO2S/c1-9(12(10)11)7-4-2-6(8)3-5-7/h2-5H,1H3,(H,10,11). The van der Waals surface area contributed by atoms with E-state index in [0.29, 0.717) is 5.69 Å². The Balaban J connectivity index is 2.89. The molecule has 0 aliphatic carbocycles. The van der Waals surface area contributed by atoms with Gasteiger partial charge in [-0.1, -0.05) is 15.9 Å². The fraction of sp³-hybridized carbons (Fsp3) is 0.143. The molecule has 5 heteroatoms. The van der Waals surface area contributed by atoms with Gasteiger partial charge in [0.05, 0.1) is 5.69 Å². The van der Waals surface area contributed by atoms with Crippen molar-refractivity contribution in [2.24, 2.45) is 0 Å². The van der Waals surface area contributed by atoms with Crippen molar-refractivity contribution in [3.63, 3.8) is 0 Å². The minimum Gasteiger partial charge on any atom is -0.289 e. The zero-order chi connectivity index (χ0) is 9.14. The summed E-state index contributed by atoms with van der Waals surface area (Å²) in [7, 11) is 1.55. The van der Waals surface area contributed by atoms with Crippen LogP contribution in [0.3, 0.4) is 0 Å². The van der Waals surface area contributed by atoms with E-state index in [1.165, 1.54) is 4.31 Å². The number of hydrogen-bond acceptors (Lipinski definition) is 1. The maximum Gasteiger partial charge on any atom is 0.261 e. The quantitative estimate of drug-likeness (QED) is 0.816. The largest absolute Gasteiger partial charge is 0.289 e. The second-order valence-corrected chi connectivity index (χ2v) is 4.13. The number of nitrogens with zero attached hydrogens (tertiary/aromatic N) is 1.